The molecule has 2 N–H and O–H groups in total. The minimum Gasteiger partial charge on any atom is -0.508 e. The zero-order valence-electron chi connectivity index (χ0n) is 11.0. The number of aryl methyl sites for hydroxylation is 1. The maximum absolute atomic E-state index is 11.2. The molecule has 1 aromatic carbocycles. The molecule has 0 radical (unpaired) electrons. The third-order valence-corrected chi connectivity index (χ3v) is 4.38. The van der Waals surface area contributed by atoms with Crippen LogP contribution in [0, 0.1) is 0 Å². The second kappa shape index (κ2) is 5.85. The molecule has 0 spiro atoms. The molecule has 0 bridgehead atoms. The first-order chi connectivity index (χ1) is 8.56. The average molecular weight is 267 g/mol. The van der Waals surface area contributed by atoms with Crippen molar-refractivity contribution in [1.29, 1.82) is 0 Å². The molecule has 0 heterocycles. The van der Waals surface area contributed by atoms with E-state index in [1.807, 2.05) is 12.1 Å². The van der Waals surface area contributed by atoms with Gasteiger partial charge in [-0.1, -0.05) is 6.07 Å². The van der Waals surface area contributed by atoms with Crippen LogP contribution in [-0.2, 0) is 17.2 Å². The summed E-state index contributed by atoms with van der Waals surface area (Å²) in [5.74, 6) is 1.03. The Hall–Kier alpha value is -0.870. The second-order valence-corrected chi connectivity index (χ2v) is 6.62. The standard InChI is InChI=1S/C14H21NO2S/c1-10(9-18(2)17)15-14-5-3-4-11-8-12(16)6-7-13(11)14/h6-8,10,14-16H,3-5,9H2,1-2H3. The number of hydrogen-bond acceptors (Lipinski definition) is 3. The van der Waals surface area contributed by atoms with Crippen molar-refractivity contribution in [3.63, 3.8) is 0 Å². The van der Waals surface area contributed by atoms with E-state index in [1.54, 1.807) is 12.3 Å². The van der Waals surface area contributed by atoms with Gasteiger partial charge in [-0.3, -0.25) is 4.21 Å². The summed E-state index contributed by atoms with van der Waals surface area (Å²) in [6.45, 7) is 2.08. The number of phenols is 1. The van der Waals surface area contributed by atoms with Crippen LogP contribution in [0.5, 0.6) is 5.75 Å². The van der Waals surface area contributed by atoms with Crippen LogP contribution in [0.15, 0.2) is 18.2 Å². The Bertz CT molecular complexity index is 447. The molecule has 1 aliphatic carbocycles. The van der Waals surface area contributed by atoms with E-state index in [0.717, 1.165) is 19.3 Å². The van der Waals surface area contributed by atoms with Crippen LogP contribution in [0.3, 0.4) is 0 Å². The fourth-order valence-corrected chi connectivity index (χ4v) is 3.52. The summed E-state index contributed by atoms with van der Waals surface area (Å²) < 4.78 is 11.2. The van der Waals surface area contributed by atoms with E-state index in [2.05, 4.69) is 12.2 Å². The molecule has 3 nitrogen and oxygen atoms in total. The highest BCUT2D eigenvalue weighted by Gasteiger charge is 2.21. The number of aromatic hydroxyl groups is 1. The maximum atomic E-state index is 11.2. The number of fused-ring (bicyclic) bond motifs is 1. The van der Waals surface area contributed by atoms with Crippen LogP contribution in [0.4, 0.5) is 0 Å². The van der Waals surface area contributed by atoms with Crippen molar-refractivity contribution >= 4 is 10.8 Å². The highest BCUT2D eigenvalue weighted by Crippen LogP contribution is 2.32. The lowest BCUT2D eigenvalue weighted by atomic mass is 9.87. The first-order valence-electron chi connectivity index (χ1n) is 6.44. The Morgan fingerprint density at radius 1 is 1.56 bits per heavy atom. The van der Waals surface area contributed by atoms with Gasteiger partial charge in [-0.15, -0.1) is 0 Å². The molecule has 0 saturated carbocycles. The van der Waals surface area contributed by atoms with Gasteiger partial charge in [0.2, 0.25) is 0 Å². The largest absolute Gasteiger partial charge is 0.508 e. The van der Waals surface area contributed by atoms with Crippen molar-refractivity contribution in [3.8, 4) is 5.75 Å². The van der Waals surface area contributed by atoms with Gasteiger partial charge < -0.3 is 10.4 Å². The van der Waals surface area contributed by atoms with Gasteiger partial charge in [0.05, 0.1) is 0 Å². The van der Waals surface area contributed by atoms with Crippen LogP contribution in [0.2, 0.25) is 0 Å². The lowest BCUT2D eigenvalue weighted by Crippen LogP contribution is -2.36. The molecular weight excluding hydrogens is 246 g/mol. The van der Waals surface area contributed by atoms with E-state index in [1.165, 1.54) is 11.1 Å². The van der Waals surface area contributed by atoms with Gasteiger partial charge in [0.1, 0.15) is 5.75 Å². The van der Waals surface area contributed by atoms with Crippen molar-refractivity contribution in [2.24, 2.45) is 0 Å². The van der Waals surface area contributed by atoms with E-state index in [9.17, 15) is 9.32 Å². The number of hydrogen-bond donors (Lipinski definition) is 2. The minimum atomic E-state index is -0.764. The Morgan fingerprint density at radius 3 is 3.06 bits per heavy atom. The van der Waals surface area contributed by atoms with Crippen molar-refractivity contribution in [2.75, 3.05) is 12.0 Å². The van der Waals surface area contributed by atoms with E-state index in [-0.39, 0.29) is 6.04 Å². The van der Waals surface area contributed by atoms with Gasteiger partial charge in [0, 0.05) is 34.9 Å². The first kappa shape index (κ1) is 13.6. The summed E-state index contributed by atoms with van der Waals surface area (Å²) in [6, 6.07) is 6.21. The van der Waals surface area contributed by atoms with Gasteiger partial charge in [-0.25, -0.2) is 0 Å². The van der Waals surface area contributed by atoms with E-state index >= 15 is 0 Å². The van der Waals surface area contributed by atoms with Crippen LogP contribution in [-0.4, -0.2) is 27.4 Å². The summed E-state index contributed by atoms with van der Waals surface area (Å²) in [7, 11) is -0.764. The number of nitrogens with one attached hydrogen (secondary N) is 1. The van der Waals surface area contributed by atoms with Crippen molar-refractivity contribution in [1.82, 2.24) is 5.32 Å². The van der Waals surface area contributed by atoms with E-state index in [4.69, 9.17) is 0 Å². The van der Waals surface area contributed by atoms with Gasteiger partial charge >= 0.3 is 0 Å². The zero-order valence-corrected chi connectivity index (χ0v) is 11.8. The molecule has 0 saturated heterocycles. The molecule has 3 atom stereocenters. The Kier molecular flexibility index (Phi) is 4.40. The monoisotopic (exact) mass is 267 g/mol. The molecular formula is C14H21NO2S. The third-order valence-electron chi connectivity index (χ3n) is 3.41. The average Bonchev–Trinajstić information content (AvgIpc) is 2.27. The number of rotatable bonds is 4. The van der Waals surface area contributed by atoms with Crippen LogP contribution < -0.4 is 5.32 Å². The summed E-state index contributed by atoms with van der Waals surface area (Å²) in [5.41, 5.74) is 2.52. The predicted octanol–water partition coefficient (Wildman–Crippen LogP) is 2.13. The van der Waals surface area contributed by atoms with E-state index < -0.39 is 10.8 Å². The molecule has 0 aliphatic heterocycles. The molecule has 100 valence electrons. The van der Waals surface area contributed by atoms with Gasteiger partial charge in [0.25, 0.3) is 0 Å². The van der Waals surface area contributed by atoms with Crippen molar-refractivity contribution < 1.29 is 9.32 Å². The molecule has 0 aromatic heterocycles. The normalized spacial score (nSPS) is 22.2. The molecule has 3 unspecified atom stereocenters. The highest BCUT2D eigenvalue weighted by atomic mass is 32.2. The SMILES string of the molecule is CC(CS(C)=O)NC1CCCc2cc(O)ccc21. The molecule has 2 rings (SSSR count). The van der Waals surface area contributed by atoms with Crippen LogP contribution in [0.1, 0.15) is 36.9 Å². The maximum Gasteiger partial charge on any atom is 0.115 e. The quantitative estimate of drug-likeness (QED) is 0.878. The highest BCUT2D eigenvalue weighted by molar-refractivity contribution is 7.84. The van der Waals surface area contributed by atoms with Gasteiger partial charge in [-0.05, 0) is 49.4 Å². The summed E-state index contributed by atoms with van der Waals surface area (Å²) >= 11 is 0. The first-order valence-corrected chi connectivity index (χ1v) is 8.17. The lowest BCUT2D eigenvalue weighted by Gasteiger charge is -2.29. The molecule has 0 fully saturated rings. The van der Waals surface area contributed by atoms with Crippen molar-refractivity contribution in [2.45, 2.75) is 38.3 Å². The van der Waals surface area contributed by atoms with Crippen LogP contribution in [0.25, 0.3) is 0 Å². The van der Waals surface area contributed by atoms with Gasteiger partial charge in [0.15, 0.2) is 0 Å². The summed E-state index contributed by atoms with van der Waals surface area (Å²) in [5, 5.41) is 13.1. The Morgan fingerprint density at radius 2 is 2.33 bits per heavy atom. The van der Waals surface area contributed by atoms with Gasteiger partial charge in [-0.2, -0.15) is 0 Å². The molecule has 4 heteroatoms. The number of phenolic OH excluding ortho intramolecular Hbond substituents is 1. The molecule has 18 heavy (non-hydrogen) atoms. The topological polar surface area (TPSA) is 49.3 Å². The summed E-state index contributed by atoms with van der Waals surface area (Å²) in [4.78, 5) is 0. The molecule has 1 aromatic rings. The summed E-state index contributed by atoms with van der Waals surface area (Å²) in [6.07, 6.45) is 5.02. The second-order valence-electron chi connectivity index (χ2n) is 5.14. The fraction of sp³-hybridized carbons (Fsp3) is 0.571. The lowest BCUT2D eigenvalue weighted by molar-refractivity contribution is 0.421. The zero-order chi connectivity index (χ0) is 13.1. The van der Waals surface area contributed by atoms with E-state index in [0.29, 0.717) is 17.5 Å². The Labute approximate surface area is 111 Å². The Balaban J connectivity index is 2.10. The fourth-order valence-electron chi connectivity index (χ4n) is 2.72. The smallest absolute Gasteiger partial charge is 0.115 e. The van der Waals surface area contributed by atoms with Crippen molar-refractivity contribution in [3.05, 3.63) is 29.3 Å². The van der Waals surface area contributed by atoms with Crippen LogP contribution >= 0.6 is 0 Å². The molecule has 1 aliphatic rings. The predicted molar refractivity (Wildman–Crippen MR) is 75.3 cm³/mol. The number of benzene rings is 1. The third kappa shape index (κ3) is 3.33. The minimum absolute atomic E-state index is 0.251. The molecule has 0 amide bonds.